The predicted molar refractivity (Wildman–Crippen MR) is 63.8 cm³/mol. The van der Waals surface area contributed by atoms with Crippen LogP contribution in [0.3, 0.4) is 0 Å². The Balaban J connectivity index is 1.52. The van der Waals surface area contributed by atoms with Crippen molar-refractivity contribution in [1.29, 1.82) is 0 Å². The van der Waals surface area contributed by atoms with Gasteiger partial charge in [0.25, 0.3) is 0 Å². The highest BCUT2D eigenvalue weighted by molar-refractivity contribution is 5.68. The van der Waals surface area contributed by atoms with Crippen LogP contribution in [0, 0.1) is 0 Å². The fraction of sp³-hybridized carbons (Fsp3) is 0.538. The molecule has 1 saturated heterocycles. The van der Waals surface area contributed by atoms with Crippen LogP contribution in [-0.2, 0) is 22.6 Å². The zero-order valence-electron chi connectivity index (χ0n) is 10.2. The summed E-state index contributed by atoms with van der Waals surface area (Å²) in [6.07, 6.45) is 3.59. The number of aromatic nitrogens is 1. The van der Waals surface area contributed by atoms with Crippen LogP contribution in [0.15, 0.2) is 18.3 Å². The quantitative estimate of drug-likeness (QED) is 0.799. The molecule has 1 aromatic rings. The molecule has 0 aromatic carbocycles. The van der Waals surface area contributed by atoms with Crippen molar-refractivity contribution in [3.8, 4) is 0 Å². The first kappa shape index (κ1) is 11.5. The molecule has 2 aliphatic rings. The highest BCUT2D eigenvalue weighted by Gasteiger charge is 2.26. The molecule has 0 N–H and O–H groups in total. The van der Waals surface area contributed by atoms with E-state index in [-0.39, 0.29) is 12.2 Å². The van der Waals surface area contributed by atoms with Crippen molar-refractivity contribution in [2.45, 2.75) is 32.0 Å². The first-order valence-corrected chi connectivity index (χ1v) is 6.29. The number of carbonyl (C=O) groups is 1. The van der Waals surface area contributed by atoms with E-state index >= 15 is 0 Å². The molecule has 3 rings (SSSR count). The Morgan fingerprint density at radius 1 is 1.56 bits per heavy atom. The summed E-state index contributed by atoms with van der Waals surface area (Å²) in [6, 6.07) is 3.88. The maximum atomic E-state index is 11.9. The highest BCUT2D eigenvalue weighted by atomic mass is 16.6. The summed E-state index contributed by atoms with van der Waals surface area (Å²) in [7, 11) is 0. The molecule has 5 nitrogen and oxygen atoms in total. The van der Waals surface area contributed by atoms with E-state index in [1.807, 2.05) is 12.1 Å². The van der Waals surface area contributed by atoms with Crippen molar-refractivity contribution in [3.63, 3.8) is 0 Å². The smallest absolute Gasteiger partial charge is 0.410 e. The second kappa shape index (κ2) is 4.94. The van der Waals surface area contributed by atoms with E-state index in [4.69, 9.17) is 9.47 Å². The molecule has 1 unspecified atom stereocenters. The molecule has 0 saturated carbocycles. The number of fused-ring (bicyclic) bond motifs is 1. The van der Waals surface area contributed by atoms with Crippen LogP contribution in [-0.4, -0.2) is 35.3 Å². The maximum absolute atomic E-state index is 11.9. The second-order valence-electron chi connectivity index (χ2n) is 4.68. The van der Waals surface area contributed by atoms with Gasteiger partial charge in [0, 0.05) is 12.8 Å². The van der Waals surface area contributed by atoms with Crippen LogP contribution in [0.1, 0.15) is 24.1 Å². The zero-order chi connectivity index (χ0) is 12.4. The molecular weight excluding hydrogens is 232 g/mol. The summed E-state index contributed by atoms with van der Waals surface area (Å²) < 4.78 is 10.7. The molecule has 0 bridgehead atoms. The van der Waals surface area contributed by atoms with E-state index < -0.39 is 0 Å². The van der Waals surface area contributed by atoms with Crippen LogP contribution < -0.4 is 0 Å². The standard InChI is InChI=1S/C13H16N2O3/c16-13(18-9-11-4-2-6-17-11)15-7-10-3-1-5-14-12(10)8-15/h1,3,5,11H,2,4,6-9H2. The zero-order valence-corrected chi connectivity index (χ0v) is 10.2. The molecule has 1 fully saturated rings. The fourth-order valence-electron chi connectivity index (χ4n) is 2.36. The van der Waals surface area contributed by atoms with Gasteiger partial charge in [0.2, 0.25) is 0 Å². The molecule has 2 aliphatic heterocycles. The van der Waals surface area contributed by atoms with Crippen LogP contribution >= 0.6 is 0 Å². The Bertz CT molecular complexity index is 419. The minimum absolute atomic E-state index is 0.0806. The third-order valence-corrected chi connectivity index (χ3v) is 3.36. The van der Waals surface area contributed by atoms with Gasteiger partial charge in [-0.2, -0.15) is 0 Å². The van der Waals surface area contributed by atoms with Crippen molar-refractivity contribution < 1.29 is 14.3 Å². The number of rotatable bonds is 2. The predicted octanol–water partition coefficient (Wildman–Crippen LogP) is 1.71. The molecule has 1 amide bonds. The lowest BCUT2D eigenvalue weighted by Gasteiger charge is -2.16. The summed E-state index contributed by atoms with van der Waals surface area (Å²) in [5, 5.41) is 0. The van der Waals surface area contributed by atoms with E-state index in [0.29, 0.717) is 19.7 Å². The van der Waals surface area contributed by atoms with E-state index in [1.165, 1.54) is 0 Å². The molecule has 0 radical (unpaired) electrons. The third-order valence-electron chi connectivity index (χ3n) is 3.36. The number of ether oxygens (including phenoxy) is 2. The number of nitrogens with zero attached hydrogens (tertiary/aromatic N) is 2. The molecule has 1 atom stereocenters. The van der Waals surface area contributed by atoms with Gasteiger partial charge in [0.1, 0.15) is 6.61 Å². The number of pyridine rings is 1. The number of hydrogen-bond donors (Lipinski definition) is 0. The van der Waals surface area contributed by atoms with Crippen LogP contribution in [0.5, 0.6) is 0 Å². The van der Waals surface area contributed by atoms with Crippen molar-refractivity contribution in [2.24, 2.45) is 0 Å². The van der Waals surface area contributed by atoms with Gasteiger partial charge in [-0.05, 0) is 24.5 Å². The molecule has 3 heterocycles. The molecule has 18 heavy (non-hydrogen) atoms. The number of hydrogen-bond acceptors (Lipinski definition) is 4. The summed E-state index contributed by atoms with van der Waals surface area (Å²) in [4.78, 5) is 17.8. The van der Waals surface area contributed by atoms with Crippen molar-refractivity contribution in [1.82, 2.24) is 9.88 Å². The average molecular weight is 248 g/mol. The van der Waals surface area contributed by atoms with Gasteiger partial charge in [-0.15, -0.1) is 0 Å². The van der Waals surface area contributed by atoms with Gasteiger partial charge in [-0.1, -0.05) is 6.07 Å². The Morgan fingerprint density at radius 2 is 2.50 bits per heavy atom. The van der Waals surface area contributed by atoms with E-state index in [2.05, 4.69) is 4.98 Å². The lowest BCUT2D eigenvalue weighted by Crippen LogP contribution is -2.29. The number of carbonyl (C=O) groups excluding carboxylic acids is 1. The van der Waals surface area contributed by atoms with Gasteiger partial charge >= 0.3 is 6.09 Å². The summed E-state index contributed by atoms with van der Waals surface area (Å²) in [6.45, 7) is 2.27. The number of amides is 1. The van der Waals surface area contributed by atoms with Gasteiger partial charge in [-0.25, -0.2) is 4.79 Å². The highest BCUT2D eigenvalue weighted by Crippen LogP contribution is 2.21. The average Bonchev–Trinajstić information content (AvgIpc) is 3.04. The first-order valence-electron chi connectivity index (χ1n) is 6.29. The molecule has 0 spiro atoms. The van der Waals surface area contributed by atoms with Gasteiger partial charge in [-0.3, -0.25) is 9.88 Å². The van der Waals surface area contributed by atoms with Gasteiger partial charge in [0.05, 0.1) is 24.9 Å². The lowest BCUT2D eigenvalue weighted by atomic mass is 10.2. The molecule has 0 aliphatic carbocycles. The first-order chi connectivity index (χ1) is 8.83. The minimum Gasteiger partial charge on any atom is -0.447 e. The normalized spacial score (nSPS) is 22.0. The SMILES string of the molecule is O=C(OCC1CCCO1)N1Cc2cccnc2C1. The minimum atomic E-state index is -0.275. The van der Waals surface area contributed by atoms with E-state index in [1.54, 1.807) is 11.1 Å². The van der Waals surface area contributed by atoms with Gasteiger partial charge < -0.3 is 9.47 Å². The second-order valence-corrected chi connectivity index (χ2v) is 4.68. The Hall–Kier alpha value is -1.62. The largest absolute Gasteiger partial charge is 0.447 e. The third kappa shape index (κ3) is 2.31. The van der Waals surface area contributed by atoms with Crippen LogP contribution in [0.4, 0.5) is 4.79 Å². The van der Waals surface area contributed by atoms with E-state index in [9.17, 15) is 4.79 Å². The van der Waals surface area contributed by atoms with Crippen LogP contribution in [0.2, 0.25) is 0 Å². The van der Waals surface area contributed by atoms with Gasteiger partial charge in [0.15, 0.2) is 0 Å². The molecular formula is C13H16N2O3. The van der Waals surface area contributed by atoms with Crippen LogP contribution in [0.25, 0.3) is 0 Å². The molecule has 1 aromatic heterocycles. The molecule has 96 valence electrons. The monoisotopic (exact) mass is 248 g/mol. The van der Waals surface area contributed by atoms with E-state index in [0.717, 1.165) is 30.7 Å². The van der Waals surface area contributed by atoms with Crippen molar-refractivity contribution >= 4 is 6.09 Å². The van der Waals surface area contributed by atoms with Crippen molar-refractivity contribution in [3.05, 3.63) is 29.6 Å². The Kier molecular flexibility index (Phi) is 3.15. The van der Waals surface area contributed by atoms with Crippen molar-refractivity contribution in [2.75, 3.05) is 13.2 Å². The molecule has 5 heteroatoms. The summed E-state index contributed by atoms with van der Waals surface area (Å²) in [5.41, 5.74) is 2.07. The summed E-state index contributed by atoms with van der Waals surface area (Å²) >= 11 is 0. The lowest BCUT2D eigenvalue weighted by molar-refractivity contribution is 0.0294. The summed E-state index contributed by atoms with van der Waals surface area (Å²) in [5.74, 6) is 0. The maximum Gasteiger partial charge on any atom is 0.410 e. The topological polar surface area (TPSA) is 51.7 Å². The Morgan fingerprint density at radius 3 is 3.28 bits per heavy atom. The Labute approximate surface area is 106 Å². The fourth-order valence-corrected chi connectivity index (χ4v) is 2.36.